The van der Waals surface area contributed by atoms with Gasteiger partial charge in [0.25, 0.3) is 0 Å². The summed E-state index contributed by atoms with van der Waals surface area (Å²) in [7, 11) is 0. The second-order valence-electron chi connectivity index (χ2n) is 14.4. The number of fused-ring (bicyclic) bond motifs is 5. The van der Waals surface area contributed by atoms with Gasteiger partial charge in [-0.3, -0.25) is 4.79 Å². The van der Waals surface area contributed by atoms with Gasteiger partial charge in [-0.1, -0.05) is 52.7 Å². The highest BCUT2D eigenvalue weighted by atomic mass is 16.6. The molecule has 8 atom stereocenters. The van der Waals surface area contributed by atoms with E-state index in [1.54, 1.807) is 11.1 Å². The summed E-state index contributed by atoms with van der Waals surface area (Å²) in [5.41, 5.74) is 3.92. The lowest BCUT2D eigenvalue weighted by Gasteiger charge is -2.68. The summed E-state index contributed by atoms with van der Waals surface area (Å²) >= 11 is 0. The van der Waals surface area contributed by atoms with E-state index in [0.29, 0.717) is 29.0 Å². The van der Waals surface area contributed by atoms with E-state index in [9.17, 15) is 9.90 Å². The molecule has 1 N–H and O–H groups in total. The van der Waals surface area contributed by atoms with Crippen molar-refractivity contribution in [2.75, 3.05) is 0 Å². The van der Waals surface area contributed by atoms with Crippen LogP contribution in [0.3, 0.4) is 0 Å². The fourth-order valence-electron chi connectivity index (χ4n) is 10.1. The molecule has 3 saturated carbocycles. The fraction of sp³-hybridized carbons (Fsp3) is 0.900. The molecule has 186 valence electrons. The molecule has 0 amide bonds. The average Bonchev–Trinajstić information content (AvgIpc) is 3.20. The minimum atomic E-state index is -0.363. The molecule has 5 rings (SSSR count). The lowest BCUT2D eigenvalue weighted by Crippen LogP contribution is -2.62. The first-order valence-electron chi connectivity index (χ1n) is 13.8. The van der Waals surface area contributed by atoms with E-state index in [2.05, 4.69) is 55.4 Å². The van der Waals surface area contributed by atoms with Crippen LogP contribution in [0, 0.1) is 39.4 Å². The zero-order chi connectivity index (χ0) is 24.2. The van der Waals surface area contributed by atoms with Crippen molar-refractivity contribution >= 4 is 5.78 Å². The number of aliphatic hydroxyl groups excluding tert-OH is 1. The maximum Gasteiger partial charge on any atom is 0.138 e. The van der Waals surface area contributed by atoms with Crippen LogP contribution < -0.4 is 0 Å². The summed E-state index contributed by atoms with van der Waals surface area (Å²) < 4.78 is 5.74. The Kier molecular flexibility index (Phi) is 5.24. The van der Waals surface area contributed by atoms with Crippen molar-refractivity contribution in [3.63, 3.8) is 0 Å². The van der Waals surface area contributed by atoms with Gasteiger partial charge in [0.1, 0.15) is 11.9 Å². The molecule has 0 bridgehead atoms. The summed E-state index contributed by atoms with van der Waals surface area (Å²) in [4.78, 5) is 12.9. The predicted octanol–water partition coefficient (Wildman–Crippen LogP) is 6.87. The molecule has 0 aromatic rings. The smallest absolute Gasteiger partial charge is 0.138 e. The Balaban J connectivity index is 1.43. The maximum atomic E-state index is 12.9. The summed E-state index contributed by atoms with van der Waals surface area (Å²) in [6.07, 6.45) is 9.71. The summed E-state index contributed by atoms with van der Waals surface area (Å²) in [5.74, 6) is 2.14. The van der Waals surface area contributed by atoms with Gasteiger partial charge in [0.2, 0.25) is 0 Å². The normalized spacial score (nSPS) is 47.4. The van der Waals surface area contributed by atoms with Gasteiger partial charge < -0.3 is 9.84 Å². The Hall–Kier alpha value is -0.670. The molecule has 33 heavy (non-hydrogen) atoms. The third kappa shape index (κ3) is 3.16. The molecule has 0 aromatic heterocycles. The number of hydrogen-bond acceptors (Lipinski definition) is 3. The van der Waals surface area contributed by atoms with Crippen LogP contribution in [0.2, 0.25) is 0 Å². The average molecular weight is 457 g/mol. The highest BCUT2D eigenvalue weighted by molar-refractivity contribution is 5.85. The quantitative estimate of drug-likeness (QED) is 0.371. The van der Waals surface area contributed by atoms with Crippen LogP contribution in [-0.2, 0) is 9.53 Å². The van der Waals surface area contributed by atoms with Gasteiger partial charge in [0, 0.05) is 11.8 Å². The van der Waals surface area contributed by atoms with Crippen molar-refractivity contribution in [3.8, 4) is 0 Å². The Bertz CT molecular complexity index is 883. The Morgan fingerprint density at radius 2 is 1.61 bits per heavy atom. The number of ketones is 1. The lowest BCUT2D eigenvalue weighted by molar-refractivity contribution is -0.180. The van der Waals surface area contributed by atoms with Crippen LogP contribution in [0.4, 0.5) is 0 Å². The van der Waals surface area contributed by atoms with Crippen LogP contribution in [0.5, 0.6) is 0 Å². The number of ether oxygens (including phenoxy) is 1. The summed E-state index contributed by atoms with van der Waals surface area (Å²) in [6.45, 7) is 18.7. The predicted molar refractivity (Wildman–Crippen MR) is 133 cm³/mol. The van der Waals surface area contributed by atoms with Crippen molar-refractivity contribution in [1.29, 1.82) is 0 Å². The van der Waals surface area contributed by atoms with Crippen molar-refractivity contribution < 1.29 is 14.6 Å². The fourth-order valence-corrected chi connectivity index (χ4v) is 10.1. The zero-order valence-corrected chi connectivity index (χ0v) is 22.5. The Morgan fingerprint density at radius 1 is 0.939 bits per heavy atom. The Labute approximate surface area is 202 Å². The first-order valence-corrected chi connectivity index (χ1v) is 13.8. The summed E-state index contributed by atoms with van der Waals surface area (Å²) in [5, 5.41) is 10.8. The van der Waals surface area contributed by atoms with Gasteiger partial charge in [0.05, 0.1) is 11.7 Å². The van der Waals surface area contributed by atoms with E-state index in [0.717, 1.165) is 19.3 Å². The third-order valence-corrected chi connectivity index (χ3v) is 12.3. The first kappa shape index (κ1) is 24.0. The molecule has 4 fully saturated rings. The molecule has 1 aliphatic heterocycles. The number of aliphatic hydroxyl groups is 1. The van der Waals surface area contributed by atoms with Crippen molar-refractivity contribution in [3.05, 3.63) is 11.1 Å². The molecule has 4 aliphatic carbocycles. The minimum absolute atomic E-state index is 0.000756. The third-order valence-electron chi connectivity index (χ3n) is 12.3. The second kappa shape index (κ2) is 7.19. The first-order chi connectivity index (χ1) is 15.2. The van der Waals surface area contributed by atoms with E-state index >= 15 is 0 Å². The molecule has 0 unspecified atom stereocenters. The largest absolute Gasteiger partial charge is 0.390 e. The van der Waals surface area contributed by atoms with E-state index in [1.807, 2.05) is 0 Å². The summed E-state index contributed by atoms with van der Waals surface area (Å²) in [6, 6.07) is 0. The number of allylic oxidation sites excluding steroid dienone is 2. The lowest BCUT2D eigenvalue weighted by atomic mass is 9.36. The monoisotopic (exact) mass is 456 g/mol. The molecule has 5 aliphatic rings. The standard InChI is InChI=1S/C30H48O3/c1-18(17-21(31)25-27(4,5)33-25)19-11-15-29(7)20(19)9-10-23-28(6)14-13-24(32)26(2,3)22(28)12-16-30(23,29)8/h18,21-23,25,31H,9-17H2,1-8H3/t18-,21+,22-,23+,25-,28+,29+,30+/m1/s1. The van der Waals surface area contributed by atoms with Gasteiger partial charge in [0.15, 0.2) is 0 Å². The van der Waals surface area contributed by atoms with E-state index in [1.165, 1.54) is 38.5 Å². The minimum Gasteiger partial charge on any atom is -0.390 e. The molecular formula is C30H48O3. The number of epoxide rings is 1. The van der Waals surface area contributed by atoms with E-state index in [-0.39, 0.29) is 34.1 Å². The molecule has 1 heterocycles. The number of Topliss-reactive ketones (excluding diaryl/α,β-unsaturated/α-hetero) is 1. The SMILES string of the molecule is C[C@H](C[C@H](O)[C@H]1OC1(C)C)C1=C2CC[C@H]3[C@@]4(C)CCC(=O)C(C)(C)[C@H]4CC[C@]3(C)[C@@]2(C)CC1. The molecule has 1 saturated heterocycles. The van der Waals surface area contributed by atoms with Gasteiger partial charge in [-0.15, -0.1) is 0 Å². The van der Waals surface area contributed by atoms with Gasteiger partial charge >= 0.3 is 0 Å². The van der Waals surface area contributed by atoms with Crippen molar-refractivity contribution in [2.24, 2.45) is 39.4 Å². The van der Waals surface area contributed by atoms with Crippen molar-refractivity contribution in [2.45, 2.75) is 131 Å². The van der Waals surface area contributed by atoms with E-state index in [4.69, 9.17) is 4.74 Å². The molecule has 0 aromatic carbocycles. The molecular weight excluding hydrogens is 408 g/mol. The number of carbonyl (C=O) groups is 1. The van der Waals surface area contributed by atoms with Crippen LogP contribution in [0.15, 0.2) is 11.1 Å². The van der Waals surface area contributed by atoms with Crippen LogP contribution in [-0.4, -0.2) is 28.7 Å². The van der Waals surface area contributed by atoms with Gasteiger partial charge in [-0.2, -0.15) is 0 Å². The topological polar surface area (TPSA) is 49.8 Å². The van der Waals surface area contributed by atoms with Gasteiger partial charge in [-0.05, 0) is 99.2 Å². The van der Waals surface area contributed by atoms with E-state index < -0.39 is 0 Å². The highest BCUT2D eigenvalue weighted by Gasteiger charge is 2.66. The number of rotatable bonds is 4. The molecule has 3 nitrogen and oxygen atoms in total. The highest BCUT2D eigenvalue weighted by Crippen LogP contribution is 2.74. The maximum absolute atomic E-state index is 12.9. The number of carbonyl (C=O) groups excluding carboxylic acids is 1. The molecule has 0 spiro atoms. The molecule has 0 radical (unpaired) electrons. The number of hydrogen-bond donors (Lipinski definition) is 1. The zero-order valence-electron chi connectivity index (χ0n) is 22.5. The van der Waals surface area contributed by atoms with Crippen LogP contribution >= 0.6 is 0 Å². The second-order valence-corrected chi connectivity index (χ2v) is 14.4. The van der Waals surface area contributed by atoms with Crippen LogP contribution in [0.1, 0.15) is 113 Å². The van der Waals surface area contributed by atoms with Crippen molar-refractivity contribution in [1.82, 2.24) is 0 Å². The molecule has 3 heteroatoms. The van der Waals surface area contributed by atoms with Crippen LogP contribution in [0.25, 0.3) is 0 Å². The van der Waals surface area contributed by atoms with Gasteiger partial charge in [-0.25, -0.2) is 0 Å². The Morgan fingerprint density at radius 3 is 2.24 bits per heavy atom.